The number of hydrogen-bond acceptors (Lipinski definition) is 4. The zero-order valence-electron chi connectivity index (χ0n) is 16.8. The van der Waals surface area contributed by atoms with E-state index in [1.165, 1.54) is 0 Å². The summed E-state index contributed by atoms with van der Waals surface area (Å²) < 4.78 is 11.0. The van der Waals surface area contributed by atoms with Gasteiger partial charge >= 0.3 is 0 Å². The third-order valence-corrected chi connectivity index (χ3v) is 4.33. The molecule has 0 radical (unpaired) electrons. The van der Waals surface area contributed by atoms with Crippen LogP contribution in [-0.4, -0.2) is 68.9 Å². The number of rotatable bonds is 7. The zero-order valence-corrected chi connectivity index (χ0v) is 16.8. The topological polar surface area (TPSA) is 75.2 Å². The van der Waals surface area contributed by atoms with Crippen LogP contribution < -0.4 is 10.6 Å². The quantitative estimate of drug-likeness (QED) is 0.430. The molecule has 1 amide bonds. The molecule has 1 aromatic rings. The Bertz CT molecular complexity index is 608. The number of carbonyl (C=O) groups is 1. The van der Waals surface area contributed by atoms with Crippen LogP contribution in [0.3, 0.4) is 0 Å². The molecule has 2 unspecified atom stereocenters. The van der Waals surface area contributed by atoms with E-state index in [2.05, 4.69) is 15.6 Å². The number of guanidine groups is 1. The molecule has 0 aromatic heterocycles. The van der Waals surface area contributed by atoms with E-state index in [0.29, 0.717) is 45.0 Å². The maximum atomic E-state index is 12.7. The molecule has 2 atom stereocenters. The summed E-state index contributed by atoms with van der Waals surface area (Å²) in [5, 5.41) is 6.45. The fraction of sp³-hybridized carbons (Fsp3) is 0.600. The molecule has 1 saturated heterocycles. The third kappa shape index (κ3) is 6.84. The van der Waals surface area contributed by atoms with Gasteiger partial charge in [-0.25, -0.2) is 0 Å². The monoisotopic (exact) mass is 376 g/mol. The highest BCUT2D eigenvalue weighted by Crippen LogP contribution is 2.15. The molecule has 2 N–H and O–H groups in total. The van der Waals surface area contributed by atoms with Crippen molar-refractivity contribution in [2.75, 3.05) is 39.9 Å². The molecular formula is C20H32N4O3. The largest absolute Gasteiger partial charge is 0.380 e. The van der Waals surface area contributed by atoms with Gasteiger partial charge in [-0.2, -0.15) is 0 Å². The van der Waals surface area contributed by atoms with Gasteiger partial charge in [0.25, 0.3) is 5.91 Å². The number of carbonyl (C=O) groups excluding carboxylic acids is 1. The summed E-state index contributed by atoms with van der Waals surface area (Å²) in [5.74, 6) is 0.788. The second-order valence-corrected chi connectivity index (χ2v) is 6.71. The minimum absolute atomic E-state index is 0.0601. The van der Waals surface area contributed by atoms with Crippen molar-refractivity contribution in [3.05, 3.63) is 35.4 Å². The minimum Gasteiger partial charge on any atom is -0.380 e. The second-order valence-electron chi connectivity index (χ2n) is 6.71. The van der Waals surface area contributed by atoms with Crippen LogP contribution in [0, 0.1) is 0 Å². The van der Waals surface area contributed by atoms with Gasteiger partial charge in [0.15, 0.2) is 5.96 Å². The summed E-state index contributed by atoms with van der Waals surface area (Å²) >= 11 is 0. The Morgan fingerprint density at radius 1 is 1.22 bits per heavy atom. The standard InChI is InChI=1S/C20H32N4O3/c1-5-26-11-10-22-20(21-4)23-12-17-6-8-18(9-7-17)19(25)24-13-15(2)27-16(3)14-24/h6-9,15-16H,5,10-14H2,1-4H3,(H2,21,22,23). The lowest BCUT2D eigenvalue weighted by atomic mass is 10.1. The first-order valence-electron chi connectivity index (χ1n) is 9.59. The van der Waals surface area contributed by atoms with Crippen molar-refractivity contribution in [1.29, 1.82) is 0 Å². The lowest BCUT2D eigenvalue weighted by Crippen LogP contribution is -2.48. The summed E-state index contributed by atoms with van der Waals surface area (Å²) in [6, 6.07) is 7.72. The number of aliphatic imine (C=N–C) groups is 1. The molecule has 1 aromatic carbocycles. The Labute approximate surface area is 162 Å². The number of benzene rings is 1. The summed E-state index contributed by atoms with van der Waals surface area (Å²) in [5.41, 5.74) is 1.79. The van der Waals surface area contributed by atoms with Crippen molar-refractivity contribution in [3.8, 4) is 0 Å². The van der Waals surface area contributed by atoms with Gasteiger partial charge in [0, 0.05) is 45.4 Å². The molecular weight excluding hydrogens is 344 g/mol. The van der Waals surface area contributed by atoms with Crippen LogP contribution >= 0.6 is 0 Å². The summed E-state index contributed by atoms with van der Waals surface area (Å²) in [4.78, 5) is 18.8. The lowest BCUT2D eigenvalue weighted by molar-refractivity contribution is -0.0586. The fourth-order valence-electron chi connectivity index (χ4n) is 3.08. The van der Waals surface area contributed by atoms with Crippen LogP contribution in [0.25, 0.3) is 0 Å². The van der Waals surface area contributed by atoms with Gasteiger partial charge < -0.3 is 25.0 Å². The third-order valence-electron chi connectivity index (χ3n) is 4.33. The van der Waals surface area contributed by atoms with Gasteiger partial charge in [-0.3, -0.25) is 9.79 Å². The highest BCUT2D eigenvalue weighted by atomic mass is 16.5. The maximum absolute atomic E-state index is 12.7. The molecule has 1 fully saturated rings. The Kier molecular flexibility index (Phi) is 8.54. The Balaban J connectivity index is 1.84. The van der Waals surface area contributed by atoms with E-state index < -0.39 is 0 Å². The van der Waals surface area contributed by atoms with E-state index >= 15 is 0 Å². The zero-order chi connectivity index (χ0) is 19.6. The van der Waals surface area contributed by atoms with Crippen LogP contribution in [-0.2, 0) is 16.0 Å². The number of ether oxygens (including phenoxy) is 2. The molecule has 0 spiro atoms. The predicted octanol–water partition coefficient (Wildman–Crippen LogP) is 1.64. The van der Waals surface area contributed by atoms with Crippen LogP contribution in [0.15, 0.2) is 29.3 Å². The molecule has 1 aliphatic rings. The molecule has 2 rings (SSSR count). The molecule has 0 bridgehead atoms. The van der Waals surface area contributed by atoms with E-state index in [4.69, 9.17) is 9.47 Å². The van der Waals surface area contributed by atoms with Crippen molar-refractivity contribution in [3.63, 3.8) is 0 Å². The molecule has 7 heteroatoms. The number of hydrogen-bond donors (Lipinski definition) is 2. The Hall–Kier alpha value is -2.12. The molecule has 0 saturated carbocycles. The van der Waals surface area contributed by atoms with Crippen molar-refractivity contribution < 1.29 is 14.3 Å². The van der Waals surface area contributed by atoms with Gasteiger partial charge in [0.05, 0.1) is 18.8 Å². The number of nitrogens with zero attached hydrogens (tertiary/aromatic N) is 2. The number of amides is 1. The van der Waals surface area contributed by atoms with Crippen LogP contribution in [0.5, 0.6) is 0 Å². The molecule has 150 valence electrons. The van der Waals surface area contributed by atoms with Crippen molar-refractivity contribution in [1.82, 2.24) is 15.5 Å². The van der Waals surface area contributed by atoms with Crippen LogP contribution in [0.1, 0.15) is 36.7 Å². The van der Waals surface area contributed by atoms with Gasteiger partial charge in [-0.15, -0.1) is 0 Å². The van der Waals surface area contributed by atoms with Gasteiger partial charge in [0.1, 0.15) is 0 Å². The smallest absolute Gasteiger partial charge is 0.254 e. The van der Waals surface area contributed by atoms with Crippen LogP contribution in [0.4, 0.5) is 0 Å². The first kappa shape index (κ1) is 21.2. The molecule has 1 heterocycles. The van der Waals surface area contributed by atoms with E-state index in [1.807, 2.05) is 49.9 Å². The van der Waals surface area contributed by atoms with E-state index in [-0.39, 0.29) is 18.1 Å². The SMILES string of the molecule is CCOCCNC(=NC)NCc1ccc(C(=O)N2CC(C)OC(C)C2)cc1. The average molecular weight is 377 g/mol. The highest BCUT2D eigenvalue weighted by Gasteiger charge is 2.26. The lowest BCUT2D eigenvalue weighted by Gasteiger charge is -2.35. The fourth-order valence-corrected chi connectivity index (χ4v) is 3.08. The Morgan fingerprint density at radius 3 is 2.48 bits per heavy atom. The molecule has 7 nitrogen and oxygen atoms in total. The van der Waals surface area contributed by atoms with E-state index in [9.17, 15) is 4.79 Å². The van der Waals surface area contributed by atoms with Crippen LogP contribution in [0.2, 0.25) is 0 Å². The van der Waals surface area contributed by atoms with Gasteiger partial charge in [-0.05, 0) is 38.5 Å². The normalized spacial score (nSPS) is 20.4. The first-order valence-corrected chi connectivity index (χ1v) is 9.59. The van der Waals surface area contributed by atoms with E-state index in [1.54, 1.807) is 7.05 Å². The number of nitrogens with one attached hydrogen (secondary N) is 2. The second kappa shape index (κ2) is 10.9. The van der Waals surface area contributed by atoms with Crippen molar-refractivity contribution >= 4 is 11.9 Å². The Morgan fingerprint density at radius 2 is 1.89 bits per heavy atom. The summed E-state index contributed by atoms with van der Waals surface area (Å²) in [6.45, 7) is 9.94. The first-order chi connectivity index (χ1) is 13.0. The van der Waals surface area contributed by atoms with E-state index in [0.717, 1.165) is 11.5 Å². The van der Waals surface area contributed by atoms with Crippen molar-refractivity contribution in [2.45, 2.75) is 39.5 Å². The van der Waals surface area contributed by atoms with Gasteiger partial charge in [-0.1, -0.05) is 12.1 Å². The predicted molar refractivity (Wildman–Crippen MR) is 107 cm³/mol. The van der Waals surface area contributed by atoms with Gasteiger partial charge in [0.2, 0.25) is 0 Å². The number of morpholine rings is 1. The minimum atomic E-state index is 0.0601. The molecule has 27 heavy (non-hydrogen) atoms. The molecule has 1 aliphatic heterocycles. The summed E-state index contributed by atoms with van der Waals surface area (Å²) in [6.07, 6.45) is 0.145. The maximum Gasteiger partial charge on any atom is 0.254 e. The highest BCUT2D eigenvalue weighted by molar-refractivity contribution is 5.94. The summed E-state index contributed by atoms with van der Waals surface area (Å²) in [7, 11) is 1.74. The molecule has 0 aliphatic carbocycles. The average Bonchev–Trinajstić information content (AvgIpc) is 2.66. The van der Waals surface area contributed by atoms with Crippen molar-refractivity contribution in [2.24, 2.45) is 4.99 Å².